The molecule has 194 valence electrons. The van der Waals surface area contributed by atoms with E-state index >= 15 is 0 Å². The Balaban J connectivity index is 1.56. The summed E-state index contributed by atoms with van der Waals surface area (Å²) in [4.78, 5) is 23.3. The van der Waals surface area contributed by atoms with Gasteiger partial charge in [-0.2, -0.15) is 0 Å². The lowest BCUT2D eigenvalue weighted by Gasteiger charge is -2.16. The Morgan fingerprint density at radius 3 is 2.33 bits per heavy atom. The molecule has 7 heteroatoms. The smallest absolute Gasteiger partial charge is 0.186 e. The van der Waals surface area contributed by atoms with E-state index in [0.29, 0.717) is 19.6 Å². The van der Waals surface area contributed by atoms with Gasteiger partial charge in [0, 0.05) is 24.3 Å². The second-order valence-corrected chi connectivity index (χ2v) is 11.5. The van der Waals surface area contributed by atoms with Crippen molar-refractivity contribution in [3.63, 3.8) is 0 Å². The number of rotatable bonds is 12. The van der Waals surface area contributed by atoms with Crippen molar-refractivity contribution in [1.82, 2.24) is 5.16 Å². The van der Waals surface area contributed by atoms with Gasteiger partial charge in [0.05, 0.1) is 24.2 Å². The van der Waals surface area contributed by atoms with Crippen molar-refractivity contribution in [2.45, 2.75) is 72.5 Å². The molecule has 1 atom stereocenters. The van der Waals surface area contributed by atoms with Crippen molar-refractivity contribution < 1.29 is 23.6 Å². The Bertz CT molecular complexity index is 1180. The molecule has 1 heterocycles. The predicted octanol–water partition coefficient (Wildman–Crippen LogP) is 7.13. The van der Waals surface area contributed by atoms with Crippen molar-refractivity contribution in [2.24, 2.45) is 5.41 Å². The average molecular weight is 512 g/mol. The second kappa shape index (κ2) is 12.4. The molecule has 0 spiro atoms. The van der Waals surface area contributed by atoms with Crippen LogP contribution in [0.25, 0.3) is 11.0 Å². The highest BCUT2D eigenvalue weighted by Gasteiger charge is 2.21. The molecule has 0 bridgehead atoms. The van der Waals surface area contributed by atoms with E-state index in [0.717, 1.165) is 70.3 Å². The van der Waals surface area contributed by atoms with Crippen molar-refractivity contribution in [3.05, 3.63) is 53.2 Å². The summed E-state index contributed by atoms with van der Waals surface area (Å²) in [5, 5.41) is 4.88. The largest absolute Gasteiger partial charge is 0.493 e. The Hall–Kier alpha value is -2.80. The third-order valence-electron chi connectivity index (χ3n) is 5.62. The molecule has 0 saturated heterocycles. The first-order valence-corrected chi connectivity index (χ1v) is 13.4. The fourth-order valence-corrected chi connectivity index (χ4v) is 4.86. The van der Waals surface area contributed by atoms with Crippen molar-refractivity contribution in [3.8, 4) is 11.5 Å². The summed E-state index contributed by atoms with van der Waals surface area (Å²) in [6, 6.07) is 11.4. The van der Waals surface area contributed by atoms with E-state index in [-0.39, 0.29) is 16.3 Å². The minimum Gasteiger partial charge on any atom is -0.493 e. The van der Waals surface area contributed by atoms with E-state index in [9.17, 15) is 9.59 Å². The summed E-state index contributed by atoms with van der Waals surface area (Å²) in [7, 11) is 0. The van der Waals surface area contributed by atoms with Gasteiger partial charge in [-0.1, -0.05) is 63.2 Å². The van der Waals surface area contributed by atoms with E-state index in [1.54, 1.807) is 0 Å². The number of benzene rings is 2. The molecule has 1 aromatic heterocycles. The summed E-state index contributed by atoms with van der Waals surface area (Å²) in [6.45, 7) is 12.7. The summed E-state index contributed by atoms with van der Waals surface area (Å²) < 4.78 is 17.7. The third kappa shape index (κ3) is 7.60. The van der Waals surface area contributed by atoms with Crippen LogP contribution in [0.15, 0.2) is 40.9 Å². The van der Waals surface area contributed by atoms with Gasteiger partial charge in [-0.05, 0) is 55.0 Å². The Morgan fingerprint density at radius 1 is 1.03 bits per heavy atom. The van der Waals surface area contributed by atoms with Crippen molar-refractivity contribution in [1.29, 1.82) is 0 Å². The molecule has 6 nitrogen and oxygen atoms in total. The summed E-state index contributed by atoms with van der Waals surface area (Å²) in [6.07, 6.45) is 3.42. The normalized spacial score (nSPS) is 12.5. The van der Waals surface area contributed by atoms with E-state index in [2.05, 4.69) is 38.9 Å². The monoisotopic (exact) mass is 511 g/mol. The minimum atomic E-state index is -0.478. The molecular formula is C29H37NO5S. The lowest BCUT2D eigenvalue weighted by atomic mass is 9.89. The van der Waals surface area contributed by atoms with Crippen LogP contribution < -0.4 is 9.47 Å². The number of aromatic nitrogens is 1. The number of carbonyl (C=O) groups excluding carboxylic acids is 2. The molecule has 0 saturated carbocycles. The first kappa shape index (κ1) is 27.8. The van der Waals surface area contributed by atoms with Crippen LogP contribution in [0.1, 0.15) is 76.5 Å². The van der Waals surface area contributed by atoms with Gasteiger partial charge in [0.2, 0.25) is 0 Å². The van der Waals surface area contributed by atoms with Gasteiger partial charge in [-0.3, -0.25) is 9.59 Å². The SMILES string of the molecule is CCCc1c(OCCCOc2ccc(C(SC(C)=O)C(C)=O)cc2)ccc2c(CC(C)(C)C)noc12. The number of nitrogens with zero attached hydrogens (tertiary/aromatic N) is 1. The zero-order valence-electron chi connectivity index (χ0n) is 22.2. The van der Waals surface area contributed by atoms with Gasteiger partial charge >= 0.3 is 0 Å². The predicted molar refractivity (Wildman–Crippen MR) is 145 cm³/mol. The maximum absolute atomic E-state index is 11.9. The van der Waals surface area contributed by atoms with Crippen LogP contribution in [0, 0.1) is 5.41 Å². The number of Topliss-reactive ketones (excluding diaryl/α,β-unsaturated/α-hetero) is 1. The molecule has 0 aliphatic carbocycles. The van der Waals surface area contributed by atoms with Crippen LogP contribution in [0.4, 0.5) is 0 Å². The summed E-state index contributed by atoms with van der Waals surface area (Å²) in [5.41, 5.74) is 3.83. The maximum atomic E-state index is 11.9. The van der Waals surface area contributed by atoms with E-state index < -0.39 is 5.25 Å². The number of hydrogen-bond donors (Lipinski definition) is 0. The fourth-order valence-electron chi connectivity index (χ4n) is 4.06. The maximum Gasteiger partial charge on any atom is 0.186 e. The van der Waals surface area contributed by atoms with Crippen LogP contribution in [0.3, 0.4) is 0 Å². The first-order valence-electron chi connectivity index (χ1n) is 12.5. The highest BCUT2D eigenvalue weighted by molar-refractivity contribution is 8.14. The quantitative estimate of drug-likeness (QED) is 0.239. The lowest BCUT2D eigenvalue weighted by Crippen LogP contribution is -2.09. The third-order valence-corrected chi connectivity index (χ3v) is 6.80. The molecule has 0 aliphatic heterocycles. The first-order chi connectivity index (χ1) is 17.1. The van der Waals surface area contributed by atoms with Crippen LogP contribution in [-0.4, -0.2) is 29.3 Å². The zero-order chi connectivity index (χ0) is 26.3. The Morgan fingerprint density at radius 2 is 1.72 bits per heavy atom. The van der Waals surface area contributed by atoms with E-state index in [4.69, 9.17) is 14.0 Å². The fraction of sp³-hybridized carbons (Fsp3) is 0.483. The van der Waals surface area contributed by atoms with Crippen LogP contribution in [-0.2, 0) is 22.4 Å². The number of fused-ring (bicyclic) bond motifs is 1. The molecule has 0 radical (unpaired) electrons. The highest BCUT2D eigenvalue weighted by Crippen LogP contribution is 2.34. The standard InChI is InChI=1S/C29H37NO5S/c1-7-9-24-26(15-14-23-25(18-29(4,5)6)30-35-27(23)24)34-17-8-16-33-22-12-10-21(11-13-22)28(19(2)31)36-20(3)32/h10-15,28H,7-9,16-18H2,1-6H3. The van der Waals surface area contributed by atoms with Gasteiger partial charge in [-0.15, -0.1) is 0 Å². The zero-order valence-corrected chi connectivity index (χ0v) is 23.0. The highest BCUT2D eigenvalue weighted by atomic mass is 32.2. The second-order valence-electron chi connectivity index (χ2n) is 10.3. The Kier molecular flexibility index (Phi) is 9.60. The molecule has 0 fully saturated rings. The van der Waals surface area contributed by atoms with Crippen molar-refractivity contribution in [2.75, 3.05) is 13.2 Å². The molecule has 36 heavy (non-hydrogen) atoms. The molecule has 0 N–H and O–H groups in total. The van der Waals surface area contributed by atoms with Crippen LogP contribution in [0.2, 0.25) is 0 Å². The van der Waals surface area contributed by atoms with Gasteiger partial charge in [0.15, 0.2) is 10.7 Å². The Labute approximate surface area is 218 Å². The van der Waals surface area contributed by atoms with E-state index in [1.807, 2.05) is 30.3 Å². The summed E-state index contributed by atoms with van der Waals surface area (Å²) >= 11 is 1.04. The average Bonchev–Trinajstić information content (AvgIpc) is 3.20. The van der Waals surface area contributed by atoms with Crippen LogP contribution >= 0.6 is 11.8 Å². The molecular weight excluding hydrogens is 474 g/mol. The summed E-state index contributed by atoms with van der Waals surface area (Å²) in [5.74, 6) is 1.51. The number of carbonyl (C=O) groups is 2. The topological polar surface area (TPSA) is 78.6 Å². The molecule has 3 rings (SSSR count). The number of hydrogen-bond acceptors (Lipinski definition) is 7. The van der Waals surface area contributed by atoms with Gasteiger partial charge < -0.3 is 14.0 Å². The van der Waals surface area contributed by atoms with E-state index in [1.165, 1.54) is 13.8 Å². The number of thioether (sulfide) groups is 1. The molecule has 1 unspecified atom stereocenters. The van der Waals surface area contributed by atoms with Crippen molar-refractivity contribution >= 4 is 33.6 Å². The number of ether oxygens (including phenoxy) is 2. The van der Waals surface area contributed by atoms with Gasteiger partial charge in [0.25, 0.3) is 0 Å². The number of aryl methyl sites for hydroxylation is 1. The molecule has 3 aromatic rings. The van der Waals surface area contributed by atoms with Gasteiger partial charge in [0.1, 0.15) is 17.3 Å². The molecule has 0 amide bonds. The van der Waals surface area contributed by atoms with Gasteiger partial charge in [-0.25, -0.2) is 0 Å². The minimum absolute atomic E-state index is 0.0441. The van der Waals surface area contributed by atoms with Crippen LogP contribution in [0.5, 0.6) is 11.5 Å². The molecule has 2 aromatic carbocycles. The molecule has 0 aliphatic rings. The lowest BCUT2D eigenvalue weighted by molar-refractivity contribution is -0.117. The number of ketones is 1.